The Kier molecular flexibility index (Phi) is 7.33. The van der Waals surface area contributed by atoms with Gasteiger partial charge in [-0.25, -0.2) is 23.4 Å². The number of rotatable bonds is 8. The zero-order valence-electron chi connectivity index (χ0n) is 18.5. The van der Waals surface area contributed by atoms with Crippen molar-refractivity contribution < 1.29 is 32.8 Å². The van der Waals surface area contributed by atoms with Gasteiger partial charge in [-0.1, -0.05) is 24.8 Å². The lowest BCUT2D eigenvalue weighted by Gasteiger charge is -2.28. The van der Waals surface area contributed by atoms with Crippen LogP contribution in [0, 0.1) is 6.92 Å². The molecule has 174 valence electrons. The summed E-state index contributed by atoms with van der Waals surface area (Å²) in [6.07, 6.45) is 3.70. The summed E-state index contributed by atoms with van der Waals surface area (Å²) in [7, 11) is 0. The highest BCUT2D eigenvalue weighted by Gasteiger charge is 2.28. The van der Waals surface area contributed by atoms with E-state index in [-0.39, 0.29) is 17.2 Å². The second-order valence-corrected chi connectivity index (χ2v) is 7.94. The van der Waals surface area contributed by atoms with Crippen LogP contribution in [-0.2, 0) is 10.7 Å². The molecule has 3 rings (SSSR count). The summed E-state index contributed by atoms with van der Waals surface area (Å²) >= 11 is 0. The predicted octanol–water partition coefficient (Wildman–Crippen LogP) is 3.43. The molecular formula is C24H26F2N3O4+. The third-order valence-corrected chi connectivity index (χ3v) is 5.40. The van der Waals surface area contributed by atoms with Crippen LogP contribution in [0.5, 0.6) is 5.75 Å². The van der Waals surface area contributed by atoms with E-state index >= 15 is 0 Å². The van der Waals surface area contributed by atoms with Crippen LogP contribution >= 0.6 is 0 Å². The Bertz CT molecular complexity index is 1100. The van der Waals surface area contributed by atoms with E-state index in [0.717, 1.165) is 6.92 Å². The molecule has 33 heavy (non-hydrogen) atoms. The molecule has 1 N–H and O–H groups in total. The van der Waals surface area contributed by atoms with Crippen molar-refractivity contribution in [2.75, 3.05) is 26.2 Å². The smallest absolute Gasteiger partial charge is 0.411 e. The van der Waals surface area contributed by atoms with Crippen LogP contribution in [0.2, 0.25) is 0 Å². The van der Waals surface area contributed by atoms with Gasteiger partial charge in [0.1, 0.15) is 11.9 Å². The molecule has 7 nitrogen and oxygen atoms in total. The van der Waals surface area contributed by atoms with Gasteiger partial charge in [0.15, 0.2) is 18.5 Å². The molecule has 2 aromatic rings. The average Bonchev–Trinajstić information content (AvgIpc) is 2.78. The average molecular weight is 458 g/mol. The third-order valence-electron chi connectivity index (χ3n) is 5.40. The molecule has 0 aliphatic carbocycles. The number of pyridine rings is 1. The number of aromatic carboxylic acids is 1. The van der Waals surface area contributed by atoms with Gasteiger partial charge in [-0.05, 0) is 30.2 Å². The molecular weight excluding hydrogens is 432 g/mol. The molecule has 9 heteroatoms. The van der Waals surface area contributed by atoms with E-state index in [4.69, 9.17) is 4.74 Å². The zero-order valence-corrected chi connectivity index (χ0v) is 18.5. The molecule has 0 bridgehead atoms. The van der Waals surface area contributed by atoms with Gasteiger partial charge in [-0.2, -0.15) is 4.58 Å². The number of hydrogen-bond acceptors (Lipinski definition) is 5. The second-order valence-electron chi connectivity index (χ2n) is 7.94. The Balaban J connectivity index is 1.88. The van der Waals surface area contributed by atoms with Crippen molar-refractivity contribution in [3.8, 4) is 5.75 Å². The van der Waals surface area contributed by atoms with Crippen LogP contribution in [0.15, 0.2) is 49.2 Å². The number of ether oxygens (including phenoxy) is 1. The van der Waals surface area contributed by atoms with Crippen LogP contribution in [0.25, 0.3) is 0 Å². The van der Waals surface area contributed by atoms with Gasteiger partial charge in [0.25, 0.3) is 5.92 Å². The predicted molar refractivity (Wildman–Crippen MR) is 118 cm³/mol. The summed E-state index contributed by atoms with van der Waals surface area (Å²) in [5.74, 6) is -4.00. The lowest BCUT2D eigenvalue weighted by atomic mass is 10.0. The summed E-state index contributed by atoms with van der Waals surface area (Å²) in [4.78, 5) is 29.1. The number of alkyl halides is 2. The summed E-state index contributed by atoms with van der Waals surface area (Å²) in [5, 5.41) is 9.20. The largest absolute Gasteiger partial charge is 0.483 e. The maximum atomic E-state index is 13.9. The summed E-state index contributed by atoms with van der Waals surface area (Å²) in [6.45, 7) is 7.82. The minimum absolute atomic E-state index is 0.0795. The highest BCUT2D eigenvalue weighted by atomic mass is 19.3. The molecule has 0 fully saturated rings. The fraction of sp³-hybridized carbons (Fsp3) is 0.333. The number of aromatic nitrogens is 1. The van der Waals surface area contributed by atoms with Crippen LogP contribution < -0.4 is 4.74 Å². The highest BCUT2D eigenvalue weighted by molar-refractivity contribution is 5.87. The molecule has 1 aromatic heterocycles. The first kappa shape index (κ1) is 24.2. The molecule has 1 atom stereocenters. The van der Waals surface area contributed by atoms with Gasteiger partial charge in [0.2, 0.25) is 0 Å². The number of hydrogen-bond donors (Lipinski definition) is 1. The number of halogens is 2. The maximum absolute atomic E-state index is 13.9. The van der Waals surface area contributed by atoms with Crippen molar-refractivity contribution in [3.63, 3.8) is 0 Å². The van der Waals surface area contributed by atoms with E-state index in [1.165, 1.54) is 24.4 Å². The molecule has 0 spiro atoms. The van der Waals surface area contributed by atoms with E-state index in [9.17, 15) is 23.5 Å². The normalized spacial score (nSPS) is 15.5. The Morgan fingerprint density at radius 3 is 2.73 bits per heavy atom. The van der Waals surface area contributed by atoms with Crippen molar-refractivity contribution >= 4 is 18.1 Å². The lowest BCUT2D eigenvalue weighted by Crippen LogP contribution is -2.43. The number of nitrogens with zero attached hydrogens (tertiary/aromatic N) is 3. The van der Waals surface area contributed by atoms with Gasteiger partial charge in [-0.15, -0.1) is 0 Å². The fourth-order valence-corrected chi connectivity index (χ4v) is 3.59. The molecule has 1 amide bonds. The molecule has 1 aliphatic heterocycles. The van der Waals surface area contributed by atoms with Crippen molar-refractivity contribution in [1.82, 2.24) is 9.88 Å². The number of carbonyl (C=O) groups is 2. The molecule has 0 saturated heterocycles. The first-order valence-corrected chi connectivity index (χ1v) is 10.4. The second kappa shape index (κ2) is 9.99. The minimum Gasteiger partial charge on any atom is -0.483 e. The van der Waals surface area contributed by atoms with Crippen molar-refractivity contribution in [1.29, 1.82) is 0 Å². The molecule has 1 aromatic carbocycles. The third kappa shape index (κ3) is 6.07. The van der Waals surface area contributed by atoms with E-state index < -0.39 is 18.0 Å². The number of carboxylic acid groups (broad SMARTS) is 1. The van der Waals surface area contributed by atoms with Gasteiger partial charge in [0.05, 0.1) is 19.3 Å². The Morgan fingerprint density at radius 2 is 2.15 bits per heavy atom. The number of carboxylic acids is 1. The van der Waals surface area contributed by atoms with Gasteiger partial charge >= 0.3 is 11.9 Å². The van der Waals surface area contributed by atoms with Crippen LogP contribution in [0.3, 0.4) is 0 Å². The van der Waals surface area contributed by atoms with Crippen molar-refractivity contribution in [2.24, 2.45) is 0 Å². The minimum atomic E-state index is -3.01. The Labute approximate surface area is 190 Å². The Hall–Kier alpha value is -3.46. The number of amides is 1. The SMILES string of the molecule is C=CC(=O)[N+]1=CCN(CC(Oc2cnc(C(=O)O)c(C)c2)c2cccc(C(C)(F)F)c2)CC1. The van der Waals surface area contributed by atoms with E-state index in [0.29, 0.717) is 43.1 Å². The van der Waals surface area contributed by atoms with E-state index in [1.54, 1.807) is 35.9 Å². The van der Waals surface area contributed by atoms with E-state index in [2.05, 4.69) is 11.6 Å². The van der Waals surface area contributed by atoms with Crippen molar-refractivity contribution in [3.05, 3.63) is 71.6 Å². The number of benzene rings is 1. The van der Waals surface area contributed by atoms with Gasteiger partial charge in [0, 0.05) is 25.1 Å². The number of aryl methyl sites for hydroxylation is 1. The standard InChI is InChI=1S/C24H25F2N3O4/c1-4-21(30)29-10-8-28(9-11-29)15-20(17-6-5-7-18(13-17)24(3,25)26)33-19-12-16(2)22(23(31)32)27-14-19/h4-7,10,12-14,20H,1,8-9,11,15H2,2-3H3/p+1. The summed E-state index contributed by atoms with van der Waals surface area (Å²) < 4.78 is 35.6. The lowest BCUT2D eigenvalue weighted by molar-refractivity contribution is -0.446. The number of carbonyl (C=O) groups excluding carboxylic acids is 1. The summed E-state index contributed by atoms with van der Waals surface area (Å²) in [6, 6.07) is 7.61. The molecule has 2 heterocycles. The summed E-state index contributed by atoms with van der Waals surface area (Å²) in [5.41, 5.74) is 0.775. The van der Waals surface area contributed by atoms with Gasteiger partial charge in [-0.3, -0.25) is 4.90 Å². The van der Waals surface area contributed by atoms with Crippen LogP contribution in [0.1, 0.15) is 40.2 Å². The van der Waals surface area contributed by atoms with Crippen LogP contribution in [0.4, 0.5) is 8.78 Å². The van der Waals surface area contributed by atoms with Crippen molar-refractivity contribution in [2.45, 2.75) is 25.9 Å². The van der Waals surface area contributed by atoms with Crippen LogP contribution in [-0.4, -0.2) is 63.8 Å². The topological polar surface area (TPSA) is 82.7 Å². The van der Waals surface area contributed by atoms with Gasteiger partial charge < -0.3 is 9.84 Å². The monoisotopic (exact) mass is 458 g/mol. The first-order chi connectivity index (χ1) is 15.6. The first-order valence-electron chi connectivity index (χ1n) is 10.4. The Morgan fingerprint density at radius 1 is 1.39 bits per heavy atom. The molecule has 0 saturated carbocycles. The molecule has 0 radical (unpaired) electrons. The highest BCUT2D eigenvalue weighted by Crippen LogP contribution is 2.31. The molecule has 1 unspecified atom stereocenters. The molecule has 1 aliphatic rings. The zero-order chi connectivity index (χ0) is 24.2. The fourth-order valence-electron chi connectivity index (χ4n) is 3.59. The van der Waals surface area contributed by atoms with E-state index in [1.807, 2.05) is 4.90 Å². The quantitative estimate of drug-likeness (QED) is 0.482. The maximum Gasteiger partial charge on any atom is 0.411 e.